The fourth-order valence-electron chi connectivity index (χ4n) is 1.27. The third-order valence-corrected chi connectivity index (χ3v) is 2.41. The molecule has 6 heteroatoms. The summed E-state index contributed by atoms with van der Waals surface area (Å²) in [5.41, 5.74) is 6.17. The highest BCUT2D eigenvalue weighted by atomic mass is 35.5. The summed E-state index contributed by atoms with van der Waals surface area (Å²) in [6.45, 7) is 0. The summed E-state index contributed by atoms with van der Waals surface area (Å²) in [4.78, 5) is 3.99. The Bertz CT molecular complexity index is 349. The molecule has 2 atom stereocenters. The Kier molecular flexibility index (Phi) is 4.79. The van der Waals surface area contributed by atoms with Crippen LogP contribution in [0.2, 0.25) is 0 Å². The molecule has 1 aromatic heterocycles. The minimum atomic E-state index is -1.16. The molecular weight excluding hydrogens is 232 g/mol. The zero-order valence-corrected chi connectivity index (χ0v) is 9.68. The number of nitrogens with zero attached hydrogens (tertiary/aromatic N) is 1. The second kappa shape index (κ2) is 5.89. The molecule has 0 amide bonds. The number of alkyl halides is 1. The van der Waals surface area contributed by atoms with E-state index in [0.29, 0.717) is 11.6 Å². The molecule has 0 saturated heterocycles. The van der Waals surface area contributed by atoms with Gasteiger partial charge in [-0.1, -0.05) is 0 Å². The Morgan fingerprint density at radius 2 is 2.19 bits per heavy atom. The van der Waals surface area contributed by atoms with Crippen molar-refractivity contribution >= 4 is 17.3 Å². The molecule has 0 aliphatic rings. The summed E-state index contributed by atoms with van der Waals surface area (Å²) in [6, 6.07) is 3.15. The maximum Gasteiger partial charge on any atom is 0.213 e. The van der Waals surface area contributed by atoms with Crippen LogP contribution in [0.3, 0.4) is 0 Å². The number of methoxy groups -OCH3 is 1. The third-order valence-electron chi connectivity index (χ3n) is 2.19. The van der Waals surface area contributed by atoms with Crippen molar-refractivity contribution in [3.63, 3.8) is 0 Å². The zero-order chi connectivity index (χ0) is 12.1. The van der Waals surface area contributed by atoms with E-state index in [2.05, 4.69) is 4.98 Å². The lowest BCUT2D eigenvalue weighted by atomic mass is 10.1. The number of aliphatic hydroxyl groups is 2. The van der Waals surface area contributed by atoms with Gasteiger partial charge in [0.15, 0.2) is 0 Å². The fourth-order valence-corrected chi connectivity index (χ4v) is 1.49. The predicted molar refractivity (Wildman–Crippen MR) is 61.5 cm³/mol. The van der Waals surface area contributed by atoms with Crippen LogP contribution in [-0.4, -0.2) is 34.3 Å². The maximum absolute atomic E-state index is 9.81. The van der Waals surface area contributed by atoms with Crippen LogP contribution in [0.25, 0.3) is 0 Å². The van der Waals surface area contributed by atoms with Crippen molar-refractivity contribution in [1.82, 2.24) is 4.98 Å². The van der Waals surface area contributed by atoms with E-state index in [4.69, 9.17) is 22.1 Å². The van der Waals surface area contributed by atoms with Gasteiger partial charge in [0.1, 0.15) is 6.10 Å². The lowest BCUT2D eigenvalue weighted by Crippen LogP contribution is -2.21. The molecule has 0 bridgehead atoms. The van der Waals surface area contributed by atoms with Gasteiger partial charge in [-0.05, 0) is 12.5 Å². The van der Waals surface area contributed by atoms with E-state index in [0.717, 1.165) is 0 Å². The van der Waals surface area contributed by atoms with E-state index in [-0.39, 0.29) is 18.0 Å². The van der Waals surface area contributed by atoms with E-state index in [1.165, 1.54) is 7.11 Å². The highest BCUT2D eigenvalue weighted by Gasteiger charge is 2.22. The minimum Gasteiger partial charge on any atom is -0.481 e. The predicted octanol–water partition coefficient (Wildman–Crippen LogP) is 0.696. The highest BCUT2D eigenvalue weighted by molar-refractivity contribution is 6.17. The first-order valence-corrected chi connectivity index (χ1v) is 5.36. The van der Waals surface area contributed by atoms with Crippen molar-refractivity contribution in [2.75, 3.05) is 18.7 Å². The lowest BCUT2D eigenvalue weighted by Gasteiger charge is -2.18. The summed E-state index contributed by atoms with van der Waals surface area (Å²) in [6.07, 6.45) is -1.88. The van der Waals surface area contributed by atoms with Crippen LogP contribution in [0, 0.1) is 0 Å². The number of anilines is 1. The molecule has 0 aliphatic heterocycles. The third kappa shape index (κ3) is 2.98. The van der Waals surface area contributed by atoms with E-state index in [9.17, 15) is 10.2 Å². The molecule has 0 fully saturated rings. The SMILES string of the molecule is COc1ccc(N)c(C(O)C(O)CCCl)n1. The van der Waals surface area contributed by atoms with Crippen LogP contribution in [0.4, 0.5) is 5.69 Å². The number of hydrogen-bond acceptors (Lipinski definition) is 5. The van der Waals surface area contributed by atoms with Crippen LogP contribution in [0.15, 0.2) is 12.1 Å². The first-order chi connectivity index (χ1) is 7.60. The summed E-state index contributed by atoms with van der Waals surface area (Å²) in [5, 5.41) is 19.4. The molecule has 16 heavy (non-hydrogen) atoms. The second-order valence-electron chi connectivity index (χ2n) is 3.32. The lowest BCUT2D eigenvalue weighted by molar-refractivity contribution is 0.0146. The van der Waals surface area contributed by atoms with Crippen LogP contribution >= 0.6 is 11.6 Å². The average Bonchev–Trinajstić information content (AvgIpc) is 2.29. The summed E-state index contributed by atoms with van der Waals surface area (Å²) in [5.74, 6) is 0.587. The Morgan fingerprint density at radius 1 is 1.50 bits per heavy atom. The summed E-state index contributed by atoms with van der Waals surface area (Å²) < 4.78 is 4.91. The molecule has 0 aliphatic carbocycles. The molecule has 0 saturated carbocycles. The Labute approximate surface area is 98.8 Å². The standard InChI is InChI=1S/C10H15ClN2O3/c1-16-8-3-2-6(12)9(13-8)10(15)7(14)4-5-11/h2-3,7,10,14-15H,4-5,12H2,1H3. The van der Waals surface area contributed by atoms with E-state index < -0.39 is 12.2 Å². The minimum absolute atomic E-state index is 0.206. The first-order valence-electron chi connectivity index (χ1n) is 4.82. The molecular formula is C10H15ClN2O3. The highest BCUT2D eigenvalue weighted by Crippen LogP contribution is 2.25. The smallest absolute Gasteiger partial charge is 0.213 e. The normalized spacial score (nSPS) is 14.5. The average molecular weight is 247 g/mol. The molecule has 4 N–H and O–H groups in total. The van der Waals surface area contributed by atoms with Crippen molar-refractivity contribution in [3.05, 3.63) is 17.8 Å². The van der Waals surface area contributed by atoms with Gasteiger partial charge in [0.2, 0.25) is 5.88 Å². The molecule has 2 unspecified atom stereocenters. The van der Waals surface area contributed by atoms with Crippen LogP contribution in [-0.2, 0) is 0 Å². The van der Waals surface area contributed by atoms with Crippen LogP contribution in [0.1, 0.15) is 18.2 Å². The quantitative estimate of drug-likeness (QED) is 0.666. The number of aromatic nitrogens is 1. The summed E-state index contributed by atoms with van der Waals surface area (Å²) in [7, 11) is 1.46. The van der Waals surface area contributed by atoms with E-state index in [1.807, 2.05) is 0 Å². The number of ether oxygens (including phenoxy) is 1. The first kappa shape index (κ1) is 13.0. The molecule has 0 radical (unpaired) electrons. The monoisotopic (exact) mass is 246 g/mol. The van der Waals surface area contributed by atoms with E-state index >= 15 is 0 Å². The molecule has 1 rings (SSSR count). The second-order valence-corrected chi connectivity index (χ2v) is 3.70. The number of nitrogens with two attached hydrogens (primary N) is 1. The fraction of sp³-hybridized carbons (Fsp3) is 0.500. The van der Waals surface area contributed by atoms with Gasteiger partial charge in [-0.3, -0.25) is 0 Å². The van der Waals surface area contributed by atoms with E-state index in [1.54, 1.807) is 12.1 Å². The van der Waals surface area contributed by atoms with Gasteiger partial charge in [0.05, 0.1) is 24.6 Å². The number of rotatable bonds is 5. The molecule has 0 aromatic carbocycles. The van der Waals surface area contributed by atoms with Gasteiger partial charge in [-0.2, -0.15) is 0 Å². The number of nitrogen functional groups attached to an aromatic ring is 1. The number of hydrogen-bond donors (Lipinski definition) is 3. The van der Waals surface area contributed by atoms with Gasteiger partial charge >= 0.3 is 0 Å². The van der Waals surface area contributed by atoms with Crippen molar-refractivity contribution in [2.45, 2.75) is 18.6 Å². The van der Waals surface area contributed by atoms with Crippen molar-refractivity contribution in [3.8, 4) is 5.88 Å². The Morgan fingerprint density at radius 3 is 2.75 bits per heavy atom. The molecule has 0 spiro atoms. The largest absolute Gasteiger partial charge is 0.481 e. The van der Waals surface area contributed by atoms with Crippen LogP contribution in [0.5, 0.6) is 5.88 Å². The van der Waals surface area contributed by atoms with Crippen molar-refractivity contribution in [1.29, 1.82) is 0 Å². The van der Waals surface area contributed by atoms with Gasteiger partial charge in [-0.25, -0.2) is 4.98 Å². The molecule has 5 nitrogen and oxygen atoms in total. The zero-order valence-electron chi connectivity index (χ0n) is 8.93. The topological polar surface area (TPSA) is 88.6 Å². The van der Waals surface area contributed by atoms with Gasteiger partial charge in [-0.15, -0.1) is 11.6 Å². The van der Waals surface area contributed by atoms with Crippen LogP contribution < -0.4 is 10.5 Å². The molecule has 1 aromatic rings. The molecule has 1 heterocycles. The number of pyridine rings is 1. The maximum atomic E-state index is 9.81. The van der Waals surface area contributed by atoms with Crippen molar-refractivity contribution < 1.29 is 14.9 Å². The summed E-state index contributed by atoms with van der Waals surface area (Å²) >= 11 is 5.48. The van der Waals surface area contributed by atoms with Gasteiger partial charge < -0.3 is 20.7 Å². The van der Waals surface area contributed by atoms with Crippen molar-refractivity contribution in [2.24, 2.45) is 0 Å². The van der Waals surface area contributed by atoms with Gasteiger partial charge in [0.25, 0.3) is 0 Å². The van der Waals surface area contributed by atoms with Gasteiger partial charge in [0, 0.05) is 11.9 Å². The Balaban J connectivity index is 2.92. The number of aliphatic hydroxyl groups excluding tert-OH is 2. The number of halogens is 1. The molecule has 90 valence electrons. The Hall–Kier alpha value is -1.04.